The van der Waals surface area contributed by atoms with Gasteiger partial charge < -0.3 is 19.7 Å². The molecule has 0 saturated heterocycles. The van der Waals surface area contributed by atoms with Crippen LogP contribution in [0, 0.1) is 10.8 Å². The monoisotopic (exact) mass is 720 g/mol. The molecule has 0 fully saturated rings. The lowest BCUT2D eigenvalue weighted by Crippen LogP contribution is -2.31. The van der Waals surface area contributed by atoms with Crippen LogP contribution in [0.3, 0.4) is 0 Å². The number of ether oxygens (including phenoxy) is 2. The molecule has 0 radical (unpaired) electrons. The van der Waals surface area contributed by atoms with Gasteiger partial charge in [0, 0.05) is 5.41 Å². The van der Waals surface area contributed by atoms with E-state index < -0.39 is 10.8 Å². The highest BCUT2D eigenvalue weighted by atomic mass is 16.5. The Bertz CT molecular complexity index is 1730. The van der Waals surface area contributed by atoms with E-state index in [-0.39, 0.29) is 19.2 Å². The summed E-state index contributed by atoms with van der Waals surface area (Å²) in [5.74, 6) is 0.580. The van der Waals surface area contributed by atoms with Crippen LogP contribution in [-0.2, 0) is 35.2 Å². The second-order valence-corrected chi connectivity index (χ2v) is 15.7. The highest BCUT2D eigenvalue weighted by Crippen LogP contribution is 2.36. The van der Waals surface area contributed by atoms with Gasteiger partial charge in [-0.25, -0.2) is 0 Å². The molecule has 0 atom stereocenters. The average molecular weight is 721 g/mol. The molecule has 0 aromatic heterocycles. The van der Waals surface area contributed by atoms with Gasteiger partial charge in [-0.3, -0.25) is 4.79 Å². The Labute approximate surface area is 319 Å². The lowest BCUT2D eigenvalue weighted by molar-refractivity contribution is -0.153. The van der Waals surface area contributed by atoms with E-state index in [4.69, 9.17) is 9.47 Å². The van der Waals surface area contributed by atoms with Gasteiger partial charge in [-0.15, -0.1) is 0 Å². The molecule has 53 heavy (non-hydrogen) atoms. The van der Waals surface area contributed by atoms with Crippen LogP contribution in [0.4, 0.5) is 0 Å². The first-order valence-electron chi connectivity index (χ1n) is 20.0. The van der Waals surface area contributed by atoms with Crippen molar-refractivity contribution < 1.29 is 24.5 Å². The minimum absolute atomic E-state index is 0.0823. The van der Waals surface area contributed by atoms with Gasteiger partial charge in [0.05, 0.1) is 31.8 Å². The van der Waals surface area contributed by atoms with E-state index in [2.05, 4.69) is 93.6 Å². The highest BCUT2D eigenvalue weighted by Gasteiger charge is 2.27. The van der Waals surface area contributed by atoms with Gasteiger partial charge in [-0.05, 0) is 140 Å². The molecule has 0 amide bonds. The Morgan fingerprint density at radius 2 is 1.19 bits per heavy atom. The fraction of sp³-hybridized carbons (Fsp3) is 0.479. The predicted molar refractivity (Wildman–Crippen MR) is 220 cm³/mol. The molecule has 4 aromatic carbocycles. The number of carbonyl (C=O) groups is 1. The fourth-order valence-electron chi connectivity index (χ4n) is 6.84. The third-order valence-corrected chi connectivity index (χ3v) is 10.8. The summed E-state index contributed by atoms with van der Waals surface area (Å²) < 4.78 is 11.9. The predicted octanol–water partition coefficient (Wildman–Crippen LogP) is 11.2. The first-order chi connectivity index (χ1) is 25.5. The zero-order valence-corrected chi connectivity index (χ0v) is 33.5. The third kappa shape index (κ3) is 11.3. The number of hydrogen-bond acceptors (Lipinski definition) is 5. The zero-order valence-electron chi connectivity index (χ0n) is 33.5. The largest absolute Gasteiger partial charge is 0.493 e. The molecule has 0 aliphatic heterocycles. The Kier molecular flexibility index (Phi) is 15.7. The Morgan fingerprint density at radius 1 is 0.623 bits per heavy atom. The number of hydrogen-bond donors (Lipinski definition) is 2. The Balaban J connectivity index is 1.58. The normalized spacial score (nSPS) is 11.9. The highest BCUT2D eigenvalue weighted by molar-refractivity contribution is 5.78. The second-order valence-electron chi connectivity index (χ2n) is 15.7. The summed E-state index contributed by atoms with van der Waals surface area (Å²) >= 11 is 0. The number of esters is 1. The average Bonchev–Trinajstić information content (AvgIpc) is 3.18. The van der Waals surface area contributed by atoms with Crippen molar-refractivity contribution in [2.75, 3.05) is 26.4 Å². The third-order valence-electron chi connectivity index (χ3n) is 10.8. The lowest BCUT2D eigenvalue weighted by atomic mass is 9.84. The summed E-state index contributed by atoms with van der Waals surface area (Å²) in [5, 5.41) is 19.9. The van der Waals surface area contributed by atoms with E-state index in [1.807, 2.05) is 33.8 Å². The summed E-state index contributed by atoms with van der Waals surface area (Å²) in [5.41, 5.74) is 11.3. The quantitative estimate of drug-likeness (QED) is 0.0702. The van der Waals surface area contributed by atoms with Crippen molar-refractivity contribution in [2.24, 2.45) is 10.8 Å². The molecule has 0 heterocycles. The maximum absolute atomic E-state index is 12.4. The van der Waals surface area contributed by atoms with Crippen LogP contribution in [0.1, 0.15) is 109 Å². The number of aryl methyl sites for hydroxylation is 4. The number of aliphatic hydroxyl groups excluding tert-OH is 2. The Morgan fingerprint density at radius 3 is 1.74 bits per heavy atom. The summed E-state index contributed by atoms with van der Waals surface area (Å²) in [6, 6.07) is 29.2. The molecular weight excluding hydrogens is 657 g/mol. The van der Waals surface area contributed by atoms with Gasteiger partial charge in [-0.2, -0.15) is 0 Å². The Hall–Kier alpha value is -3.93. The number of benzene rings is 4. The van der Waals surface area contributed by atoms with Crippen molar-refractivity contribution in [3.8, 4) is 39.1 Å². The van der Waals surface area contributed by atoms with Gasteiger partial charge in [-0.1, -0.05) is 107 Å². The molecule has 0 spiro atoms. The zero-order chi connectivity index (χ0) is 38.4. The van der Waals surface area contributed by atoms with E-state index in [9.17, 15) is 15.0 Å². The van der Waals surface area contributed by atoms with E-state index in [1.54, 1.807) is 0 Å². The topological polar surface area (TPSA) is 76.0 Å². The lowest BCUT2D eigenvalue weighted by Gasteiger charge is -2.28. The number of unbranched alkanes of at least 4 members (excludes halogenated alkanes) is 2. The van der Waals surface area contributed by atoms with Gasteiger partial charge in [0.25, 0.3) is 0 Å². The van der Waals surface area contributed by atoms with Gasteiger partial charge in [0.2, 0.25) is 0 Å². The van der Waals surface area contributed by atoms with Crippen molar-refractivity contribution in [1.82, 2.24) is 0 Å². The van der Waals surface area contributed by atoms with Crippen molar-refractivity contribution in [2.45, 2.75) is 113 Å². The van der Waals surface area contributed by atoms with E-state index in [1.165, 1.54) is 63.8 Å². The number of carbonyl (C=O) groups excluding carboxylic acids is 1. The first kappa shape index (κ1) is 41.8. The van der Waals surface area contributed by atoms with E-state index in [0.717, 1.165) is 36.1 Å². The molecule has 0 saturated carbocycles. The molecule has 286 valence electrons. The molecule has 0 aliphatic carbocycles. The van der Waals surface area contributed by atoms with Crippen molar-refractivity contribution in [3.05, 3.63) is 101 Å². The fourth-order valence-corrected chi connectivity index (χ4v) is 6.84. The maximum Gasteiger partial charge on any atom is 0.311 e. The standard InChI is InChI=1S/C48H64O5/c1-8-12-13-15-35-17-19-38(20-18-35)43-24-21-39(30-36(43)9-2)40-22-25-44(37(10-3)31-40)41-23-26-45(52-29-27-48(11-4,33-49)34-50)42(32-41)16-14-28-53-46(51)47(5,6)7/h17-26,30-32,49-50H,8-16,27-29,33-34H2,1-7H3. The van der Waals surface area contributed by atoms with Crippen LogP contribution in [0.15, 0.2) is 78.9 Å². The molecule has 0 bridgehead atoms. The molecular formula is C48H64O5. The molecule has 5 heteroatoms. The van der Waals surface area contributed by atoms with Crippen molar-refractivity contribution in [3.63, 3.8) is 0 Å². The van der Waals surface area contributed by atoms with Crippen LogP contribution < -0.4 is 4.74 Å². The van der Waals surface area contributed by atoms with Gasteiger partial charge >= 0.3 is 5.97 Å². The van der Waals surface area contributed by atoms with Crippen molar-refractivity contribution >= 4 is 5.97 Å². The van der Waals surface area contributed by atoms with Crippen LogP contribution in [-0.4, -0.2) is 42.6 Å². The van der Waals surface area contributed by atoms with Crippen LogP contribution in [0.2, 0.25) is 0 Å². The summed E-state index contributed by atoms with van der Waals surface area (Å²) in [7, 11) is 0. The summed E-state index contributed by atoms with van der Waals surface area (Å²) in [6.07, 6.45) is 9.36. The van der Waals surface area contributed by atoms with E-state index >= 15 is 0 Å². The summed E-state index contributed by atoms with van der Waals surface area (Å²) in [4.78, 5) is 12.4. The second kappa shape index (κ2) is 19.9. The molecule has 4 aromatic rings. The van der Waals surface area contributed by atoms with Crippen molar-refractivity contribution in [1.29, 1.82) is 0 Å². The maximum atomic E-state index is 12.4. The van der Waals surface area contributed by atoms with Gasteiger partial charge in [0.1, 0.15) is 5.75 Å². The number of aliphatic hydroxyl groups is 2. The first-order valence-corrected chi connectivity index (χ1v) is 20.0. The molecule has 5 nitrogen and oxygen atoms in total. The number of rotatable bonds is 20. The van der Waals surface area contributed by atoms with Crippen LogP contribution in [0.25, 0.3) is 33.4 Å². The minimum atomic E-state index is -0.559. The van der Waals surface area contributed by atoms with Crippen LogP contribution in [0.5, 0.6) is 5.75 Å². The molecule has 2 N–H and O–H groups in total. The molecule has 0 unspecified atom stereocenters. The van der Waals surface area contributed by atoms with Crippen LogP contribution >= 0.6 is 0 Å². The van der Waals surface area contributed by atoms with Gasteiger partial charge in [0.15, 0.2) is 0 Å². The minimum Gasteiger partial charge on any atom is -0.493 e. The smallest absolute Gasteiger partial charge is 0.311 e. The summed E-state index contributed by atoms with van der Waals surface area (Å²) in [6.45, 7) is 14.8. The SMILES string of the molecule is CCCCCc1ccc(-c2ccc(-c3ccc(-c4ccc(OCCC(CC)(CO)CO)c(CCCOC(=O)C(C)(C)C)c4)c(CC)c3)cc2CC)cc1. The molecule has 0 aliphatic rings. The molecule has 4 rings (SSSR count). The van der Waals surface area contributed by atoms with E-state index in [0.29, 0.717) is 38.9 Å².